The zero-order chi connectivity index (χ0) is 15.2. The van der Waals surface area contributed by atoms with Gasteiger partial charge in [0.1, 0.15) is 0 Å². The zero-order valence-corrected chi connectivity index (χ0v) is 13.6. The Morgan fingerprint density at radius 2 is 1.90 bits per heavy atom. The van der Waals surface area contributed by atoms with Gasteiger partial charge in [-0.3, -0.25) is 4.68 Å². The molecule has 0 fully saturated rings. The molecule has 1 N–H and O–H groups in total. The van der Waals surface area contributed by atoms with Crippen molar-refractivity contribution in [2.45, 2.75) is 46.2 Å². The van der Waals surface area contributed by atoms with Crippen molar-refractivity contribution in [1.82, 2.24) is 15.1 Å². The molecule has 2 unspecified atom stereocenters. The summed E-state index contributed by atoms with van der Waals surface area (Å²) in [6.07, 6.45) is 2.05. The molecule has 21 heavy (non-hydrogen) atoms. The second-order valence-corrected chi connectivity index (χ2v) is 5.65. The predicted molar refractivity (Wildman–Crippen MR) is 88.4 cm³/mol. The van der Waals surface area contributed by atoms with E-state index < -0.39 is 0 Å². The van der Waals surface area contributed by atoms with Crippen molar-refractivity contribution < 1.29 is 0 Å². The molecule has 0 saturated carbocycles. The lowest BCUT2D eigenvalue weighted by atomic mass is 9.91. The van der Waals surface area contributed by atoms with E-state index in [1.165, 1.54) is 17.0 Å². The summed E-state index contributed by atoms with van der Waals surface area (Å²) in [5.74, 6) is 0.518. The van der Waals surface area contributed by atoms with Gasteiger partial charge < -0.3 is 5.32 Å². The molecule has 0 aliphatic rings. The highest BCUT2D eigenvalue weighted by molar-refractivity contribution is 5.20. The Kier molecular flexibility index (Phi) is 5.57. The van der Waals surface area contributed by atoms with Crippen molar-refractivity contribution >= 4 is 0 Å². The molecule has 3 heteroatoms. The van der Waals surface area contributed by atoms with E-state index in [0.717, 1.165) is 19.4 Å². The number of aromatic nitrogens is 2. The maximum absolute atomic E-state index is 4.65. The molecular formula is C18H27N3. The summed E-state index contributed by atoms with van der Waals surface area (Å²) in [6.45, 7) is 7.58. The Morgan fingerprint density at radius 1 is 1.19 bits per heavy atom. The van der Waals surface area contributed by atoms with Gasteiger partial charge in [0.25, 0.3) is 0 Å². The van der Waals surface area contributed by atoms with Crippen LogP contribution in [0.1, 0.15) is 43.8 Å². The minimum atomic E-state index is 0.372. The van der Waals surface area contributed by atoms with Crippen LogP contribution in [-0.4, -0.2) is 16.8 Å². The molecule has 1 aromatic heterocycles. The summed E-state index contributed by atoms with van der Waals surface area (Å²) in [7, 11) is 2.04. The first-order valence-electron chi connectivity index (χ1n) is 7.97. The fraction of sp³-hybridized carbons (Fsp3) is 0.500. The van der Waals surface area contributed by atoms with Crippen LogP contribution in [0.15, 0.2) is 36.4 Å². The third kappa shape index (κ3) is 3.73. The number of hydrogen-bond acceptors (Lipinski definition) is 2. The summed E-state index contributed by atoms with van der Waals surface area (Å²) >= 11 is 0. The van der Waals surface area contributed by atoms with Gasteiger partial charge in [-0.05, 0) is 44.4 Å². The highest BCUT2D eigenvalue weighted by Crippen LogP contribution is 2.25. The van der Waals surface area contributed by atoms with Gasteiger partial charge >= 0.3 is 0 Å². The Morgan fingerprint density at radius 3 is 2.48 bits per heavy atom. The van der Waals surface area contributed by atoms with E-state index in [2.05, 4.69) is 72.3 Å². The highest BCUT2D eigenvalue weighted by Gasteiger charge is 2.19. The van der Waals surface area contributed by atoms with Gasteiger partial charge in [0.15, 0.2) is 0 Å². The summed E-state index contributed by atoms with van der Waals surface area (Å²) in [6, 6.07) is 13.3. The minimum absolute atomic E-state index is 0.372. The van der Waals surface area contributed by atoms with Gasteiger partial charge in [-0.15, -0.1) is 0 Å². The second kappa shape index (κ2) is 7.41. The smallest absolute Gasteiger partial charge is 0.0624 e. The van der Waals surface area contributed by atoms with Crippen LogP contribution in [0.25, 0.3) is 0 Å². The van der Waals surface area contributed by atoms with Gasteiger partial charge in [-0.2, -0.15) is 5.10 Å². The lowest BCUT2D eigenvalue weighted by Gasteiger charge is -2.24. The number of rotatable bonds is 7. The zero-order valence-electron chi connectivity index (χ0n) is 13.6. The van der Waals surface area contributed by atoms with Gasteiger partial charge in [-0.1, -0.05) is 44.2 Å². The fourth-order valence-electron chi connectivity index (χ4n) is 3.01. The molecule has 0 aliphatic heterocycles. The first-order valence-corrected chi connectivity index (χ1v) is 7.97. The van der Waals surface area contributed by atoms with Crippen LogP contribution in [0.5, 0.6) is 0 Å². The van der Waals surface area contributed by atoms with Crippen molar-refractivity contribution in [1.29, 1.82) is 0 Å². The predicted octanol–water partition coefficient (Wildman–Crippen LogP) is 3.60. The Balaban J connectivity index is 2.16. The number of hydrogen-bond donors (Lipinski definition) is 1. The van der Waals surface area contributed by atoms with Crippen LogP contribution in [0, 0.1) is 5.92 Å². The van der Waals surface area contributed by atoms with Crippen LogP contribution >= 0.6 is 0 Å². The summed E-state index contributed by atoms with van der Waals surface area (Å²) < 4.78 is 2.15. The molecule has 0 spiro atoms. The molecule has 2 aromatic rings. The normalized spacial score (nSPS) is 14.1. The lowest BCUT2D eigenvalue weighted by molar-refractivity contribution is 0.397. The Hall–Kier alpha value is -1.61. The molecule has 0 bridgehead atoms. The molecule has 0 saturated heterocycles. The van der Waals surface area contributed by atoms with E-state index in [4.69, 9.17) is 0 Å². The van der Waals surface area contributed by atoms with E-state index in [9.17, 15) is 0 Å². The van der Waals surface area contributed by atoms with Crippen molar-refractivity contribution in [2.24, 2.45) is 5.92 Å². The SMILES string of the molecule is CCc1cc(CC(C)C(NC)c2ccccc2)n(CC)n1. The molecular weight excluding hydrogens is 258 g/mol. The van der Waals surface area contributed by atoms with Crippen molar-refractivity contribution in [3.8, 4) is 0 Å². The van der Waals surface area contributed by atoms with Gasteiger partial charge in [0.2, 0.25) is 0 Å². The first kappa shape index (κ1) is 15.8. The summed E-state index contributed by atoms with van der Waals surface area (Å²) in [5.41, 5.74) is 3.89. The van der Waals surface area contributed by atoms with E-state index >= 15 is 0 Å². The summed E-state index contributed by atoms with van der Waals surface area (Å²) in [4.78, 5) is 0. The average Bonchev–Trinajstić information content (AvgIpc) is 2.91. The standard InChI is InChI=1S/C18H27N3/c1-5-16-13-17(21(6-2)20-16)12-14(3)18(19-4)15-10-8-7-9-11-15/h7-11,13-14,18-19H,5-6,12H2,1-4H3. The molecule has 1 heterocycles. The van der Waals surface area contributed by atoms with Crippen LogP contribution in [0.3, 0.4) is 0 Å². The third-order valence-corrected chi connectivity index (χ3v) is 4.15. The van der Waals surface area contributed by atoms with Crippen LogP contribution in [-0.2, 0) is 19.4 Å². The van der Waals surface area contributed by atoms with Crippen molar-refractivity contribution in [3.63, 3.8) is 0 Å². The monoisotopic (exact) mass is 285 g/mol. The summed E-state index contributed by atoms with van der Waals surface area (Å²) in [5, 5.41) is 8.12. The number of benzene rings is 1. The molecule has 0 amide bonds. The number of aryl methyl sites for hydroxylation is 2. The number of nitrogens with zero attached hydrogens (tertiary/aromatic N) is 2. The first-order chi connectivity index (χ1) is 10.2. The third-order valence-electron chi connectivity index (χ3n) is 4.15. The Bertz CT molecular complexity index is 545. The molecule has 2 rings (SSSR count). The van der Waals surface area contributed by atoms with Crippen LogP contribution < -0.4 is 5.32 Å². The molecule has 0 radical (unpaired) electrons. The molecule has 114 valence electrons. The fourth-order valence-corrected chi connectivity index (χ4v) is 3.01. The topological polar surface area (TPSA) is 29.9 Å². The quantitative estimate of drug-likeness (QED) is 0.842. The van der Waals surface area contributed by atoms with Crippen LogP contribution in [0.4, 0.5) is 0 Å². The lowest BCUT2D eigenvalue weighted by Crippen LogP contribution is -2.25. The Labute approximate surface area is 128 Å². The maximum atomic E-state index is 4.65. The maximum Gasteiger partial charge on any atom is 0.0624 e. The molecule has 3 nitrogen and oxygen atoms in total. The molecule has 2 atom stereocenters. The second-order valence-electron chi connectivity index (χ2n) is 5.65. The van der Waals surface area contributed by atoms with Gasteiger partial charge in [0, 0.05) is 18.3 Å². The van der Waals surface area contributed by atoms with Crippen LogP contribution in [0.2, 0.25) is 0 Å². The minimum Gasteiger partial charge on any atom is -0.313 e. The highest BCUT2D eigenvalue weighted by atomic mass is 15.3. The largest absolute Gasteiger partial charge is 0.313 e. The molecule has 1 aromatic carbocycles. The van der Waals surface area contributed by atoms with Gasteiger partial charge in [-0.25, -0.2) is 0 Å². The van der Waals surface area contributed by atoms with Crippen molar-refractivity contribution in [3.05, 3.63) is 53.3 Å². The van der Waals surface area contributed by atoms with E-state index in [0.29, 0.717) is 12.0 Å². The van der Waals surface area contributed by atoms with Gasteiger partial charge in [0.05, 0.1) is 5.69 Å². The number of nitrogens with one attached hydrogen (secondary N) is 1. The average molecular weight is 285 g/mol. The van der Waals surface area contributed by atoms with E-state index in [-0.39, 0.29) is 0 Å². The van der Waals surface area contributed by atoms with E-state index in [1.807, 2.05) is 7.05 Å². The van der Waals surface area contributed by atoms with E-state index in [1.54, 1.807) is 0 Å². The van der Waals surface area contributed by atoms with Crippen molar-refractivity contribution in [2.75, 3.05) is 7.05 Å². The molecule has 0 aliphatic carbocycles.